The average molecular weight is 419 g/mol. The molecule has 2 rings (SSSR count). The van der Waals surface area contributed by atoms with E-state index in [9.17, 15) is 13.2 Å². The number of carbonyl (C=O) groups excluding carboxylic acids is 1. The molecule has 0 aliphatic carbocycles. The van der Waals surface area contributed by atoms with Crippen LogP contribution in [0.3, 0.4) is 0 Å². The highest BCUT2D eigenvalue weighted by atomic mass is 32.2. The predicted octanol–water partition coefficient (Wildman–Crippen LogP) is 3.11. The number of ether oxygens (including phenoxy) is 1. The first-order valence-corrected chi connectivity index (χ1v) is 11.2. The Hall–Kier alpha value is -2.38. The van der Waals surface area contributed by atoms with Crippen molar-refractivity contribution in [1.29, 1.82) is 0 Å². The Labute approximate surface area is 174 Å². The van der Waals surface area contributed by atoms with Crippen molar-refractivity contribution in [2.24, 2.45) is 0 Å². The first kappa shape index (κ1) is 22.9. The second-order valence-corrected chi connectivity index (χ2v) is 8.71. The Bertz CT molecular complexity index is 910. The summed E-state index contributed by atoms with van der Waals surface area (Å²) in [5.41, 5.74) is 1.75. The van der Waals surface area contributed by atoms with E-state index in [1.165, 1.54) is 10.4 Å². The third-order valence-corrected chi connectivity index (χ3v) is 6.77. The summed E-state index contributed by atoms with van der Waals surface area (Å²) in [6.07, 6.45) is 0.529. The summed E-state index contributed by atoms with van der Waals surface area (Å²) in [5, 5.41) is 0. The summed E-state index contributed by atoms with van der Waals surface area (Å²) in [4.78, 5) is 14.5. The molecule has 0 spiro atoms. The van der Waals surface area contributed by atoms with Crippen molar-refractivity contribution in [2.45, 2.75) is 32.1 Å². The first-order valence-electron chi connectivity index (χ1n) is 9.80. The Morgan fingerprint density at radius 1 is 1.03 bits per heavy atom. The van der Waals surface area contributed by atoms with E-state index in [0.717, 1.165) is 11.1 Å². The van der Waals surface area contributed by atoms with E-state index in [1.54, 1.807) is 31.1 Å². The van der Waals surface area contributed by atoms with Crippen LogP contribution in [0.5, 0.6) is 5.75 Å². The average Bonchev–Trinajstić information content (AvgIpc) is 2.72. The van der Waals surface area contributed by atoms with Crippen LogP contribution in [0.2, 0.25) is 0 Å². The fourth-order valence-electron chi connectivity index (χ4n) is 3.17. The number of rotatable bonds is 10. The maximum absolute atomic E-state index is 13.4. The van der Waals surface area contributed by atoms with Crippen LogP contribution in [0.25, 0.3) is 0 Å². The largest absolute Gasteiger partial charge is 0.496 e. The normalized spacial score (nSPS) is 11.5. The molecule has 0 N–H and O–H groups in total. The molecule has 7 heteroatoms. The molecule has 0 aliphatic rings. The minimum atomic E-state index is -3.83. The molecule has 0 saturated heterocycles. The Kier molecular flexibility index (Phi) is 8.22. The smallest absolute Gasteiger partial charge is 0.243 e. The third kappa shape index (κ3) is 5.81. The summed E-state index contributed by atoms with van der Waals surface area (Å²) in [6, 6.07) is 14.4. The number of hydrogen-bond donors (Lipinski definition) is 0. The number of amides is 1. The summed E-state index contributed by atoms with van der Waals surface area (Å²) < 4.78 is 33.2. The van der Waals surface area contributed by atoms with E-state index in [0.29, 0.717) is 25.3 Å². The first-order chi connectivity index (χ1) is 13.8. The molecule has 0 atom stereocenters. The van der Waals surface area contributed by atoms with Crippen LogP contribution in [-0.4, -0.2) is 56.8 Å². The molecule has 29 heavy (non-hydrogen) atoms. The van der Waals surface area contributed by atoms with Crippen LogP contribution in [-0.2, 0) is 21.2 Å². The van der Waals surface area contributed by atoms with Gasteiger partial charge >= 0.3 is 0 Å². The highest BCUT2D eigenvalue weighted by Crippen LogP contribution is 2.24. The van der Waals surface area contributed by atoms with Crippen molar-refractivity contribution in [3.63, 3.8) is 0 Å². The van der Waals surface area contributed by atoms with E-state index in [-0.39, 0.29) is 23.9 Å². The molecular formula is C22H30N2O4S. The van der Waals surface area contributed by atoms with Gasteiger partial charge in [0.15, 0.2) is 0 Å². The number of likely N-dealkylation sites (N-methyl/N-ethyl adjacent to an activating group) is 1. The van der Waals surface area contributed by atoms with Gasteiger partial charge in [-0.15, -0.1) is 0 Å². The van der Waals surface area contributed by atoms with Gasteiger partial charge in [-0.05, 0) is 56.5 Å². The summed E-state index contributed by atoms with van der Waals surface area (Å²) in [6.45, 7) is 6.71. The fourth-order valence-corrected chi connectivity index (χ4v) is 4.65. The van der Waals surface area contributed by atoms with E-state index in [1.807, 2.05) is 44.2 Å². The number of carbonyl (C=O) groups is 1. The van der Waals surface area contributed by atoms with Crippen molar-refractivity contribution < 1.29 is 17.9 Å². The molecule has 0 unspecified atom stereocenters. The molecule has 0 aliphatic heterocycles. The lowest BCUT2D eigenvalue weighted by atomic mass is 10.1. The highest BCUT2D eigenvalue weighted by Gasteiger charge is 2.28. The van der Waals surface area contributed by atoms with Gasteiger partial charge in [-0.1, -0.05) is 30.3 Å². The summed E-state index contributed by atoms with van der Waals surface area (Å²) in [5.74, 6) is 0.427. The van der Waals surface area contributed by atoms with Crippen molar-refractivity contribution in [3.05, 3.63) is 59.7 Å². The Morgan fingerprint density at radius 2 is 1.69 bits per heavy atom. The van der Waals surface area contributed by atoms with Crippen molar-refractivity contribution in [1.82, 2.24) is 9.21 Å². The molecule has 2 aromatic rings. The number of aryl methyl sites for hydroxylation is 1. The van der Waals surface area contributed by atoms with E-state index in [2.05, 4.69) is 0 Å². The van der Waals surface area contributed by atoms with Gasteiger partial charge in [0.05, 0.1) is 18.6 Å². The lowest BCUT2D eigenvalue weighted by molar-refractivity contribution is -0.131. The maximum atomic E-state index is 13.4. The molecular weight excluding hydrogens is 388 g/mol. The van der Waals surface area contributed by atoms with Crippen LogP contribution >= 0.6 is 0 Å². The SMILES string of the molecule is CCN(CC)C(=O)CN(CCc1ccccc1)S(=O)(=O)c1ccc(OC)c(C)c1. The molecule has 158 valence electrons. The standard InChI is InChI=1S/C22H30N2O4S/c1-5-23(6-2)22(25)17-24(15-14-19-10-8-7-9-11-19)29(26,27)20-12-13-21(28-4)18(3)16-20/h7-13,16H,5-6,14-15,17H2,1-4H3. The van der Waals surface area contributed by atoms with E-state index < -0.39 is 10.0 Å². The number of hydrogen-bond acceptors (Lipinski definition) is 4. The van der Waals surface area contributed by atoms with Gasteiger partial charge in [0.25, 0.3) is 0 Å². The second kappa shape index (κ2) is 10.4. The van der Waals surface area contributed by atoms with Gasteiger partial charge in [-0.3, -0.25) is 4.79 Å². The van der Waals surface area contributed by atoms with Gasteiger partial charge in [0.2, 0.25) is 15.9 Å². The molecule has 0 aromatic heterocycles. The van der Waals surface area contributed by atoms with Crippen LogP contribution in [0.1, 0.15) is 25.0 Å². The lowest BCUT2D eigenvalue weighted by Crippen LogP contribution is -2.43. The zero-order chi connectivity index (χ0) is 21.4. The van der Waals surface area contributed by atoms with Crippen molar-refractivity contribution >= 4 is 15.9 Å². The number of nitrogens with zero attached hydrogens (tertiary/aromatic N) is 2. The zero-order valence-corrected chi connectivity index (χ0v) is 18.4. The van der Waals surface area contributed by atoms with Gasteiger partial charge in [-0.25, -0.2) is 8.42 Å². The van der Waals surface area contributed by atoms with Crippen molar-refractivity contribution in [3.8, 4) is 5.75 Å². The van der Waals surface area contributed by atoms with Gasteiger partial charge in [-0.2, -0.15) is 4.31 Å². The van der Waals surface area contributed by atoms with E-state index >= 15 is 0 Å². The summed E-state index contributed by atoms with van der Waals surface area (Å²) >= 11 is 0. The zero-order valence-electron chi connectivity index (χ0n) is 17.6. The topological polar surface area (TPSA) is 66.9 Å². The predicted molar refractivity (Wildman–Crippen MR) is 115 cm³/mol. The molecule has 1 amide bonds. The maximum Gasteiger partial charge on any atom is 0.243 e. The summed E-state index contributed by atoms with van der Waals surface area (Å²) in [7, 11) is -2.29. The molecule has 0 fully saturated rings. The van der Waals surface area contributed by atoms with Crippen LogP contribution in [0.4, 0.5) is 0 Å². The number of benzene rings is 2. The minimum Gasteiger partial charge on any atom is -0.496 e. The molecule has 0 radical (unpaired) electrons. The Balaban J connectivity index is 2.33. The quantitative estimate of drug-likeness (QED) is 0.595. The molecule has 0 heterocycles. The van der Waals surface area contributed by atoms with E-state index in [4.69, 9.17) is 4.74 Å². The van der Waals surface area contributed by atoms with Gasteiger partial charge < -0.3 is 9.64 Å². The van der Waals surface area contributed by atoms with Gasteiger partial charge in [0.1, 0.15) is 5.75 Å². The molecule has 6 nitrogen and oxygen atoms in total. The second-order valence-electron chi connectivity index (χ2n) is 6.77. The molecule has 2 aromatic carbocycles. The minimum absolute atomic E-state index is 0.163. The highest BCUT2D eigenvalue weighted by molar-refractivity contribution is 7.89. The monoisotopic (exact) mass is 418 g/mol. The van der Waals surface area contributed by atoms with Crippen LogP contribution < -0.4 is 4.74 Å². The molecule has 0 bridgehead atoms. The number of methoxy groups -OCH3 is 1. The number of sulfonamides is 1. The fraction of sp³-hybridized carbons (Fsp3) is 0.409. The lowest BCUT2D eigenvalue weighted by Gasteiger charge is -2.26. The molecule has 0 saturated carbocycles. The van der Waals surface area contributed by atoms with Crippen molar-refractivity contribution in [2.75, 3.05) is 33.3 Å². The third-order valence-electron chi connectivity index (χ3n) is 4.92. The Morgan fingerprint density at radius 3 is 2.24 bits per heavy atom. The van der Waals surface area contributed by atoms with Crippen LogP contribution in [0.15, 0.2) is 53.4 Å². The van der Waals surface area contributed by atoms with Gasteiger partial charge in [0, 0.05) is 19.6 Å². The van der Waals surface area contributed by atoms with Crippen LogP contribution in [0, 0.1) is 6.92 Å².